The zero-order chi connectivity index (χ0) is 18.5. The molecule has 0 saturated carbocycles. The second-order valence-electron chi connectivity index (χ2n) is 6.50. The zero-order valence-electron chi connectivity index (χ0n) is 14.9. The summed E-state index contributed by atoms with van der Waals surface area (Å²) in [5.74, 6) is -0.102. The molecule has 0 aliphatic carbocycles. The van der Waals surface area contributed by atoms with E-state index < -0.39 is 6.04 Å². The predicted octanol–water partition coefficient (Wildman–Crippen LogP) is 2.37. The van der Waals surface area contributed by atoms with Gasteiger partial charge in [0.1, 0.15) is 6.04 Å². The van der Waals surface area contributed by atoms with Crippen LogP contribution in [0.15, 0.2) is 54.6 Å². The number of hydrogen-bond donors (Lipinski definition) is 2. The van der Waals surface area contributed by atoms with Crippen molar-refractivity contribution in [1.82, 2.24) is 9.80 Å². The Morgan fingerprint density at radius 1 is 0.962 bits per heavy atom. The van der Waals surface area contributed by atoms with E-state index in [0.717, 1.165) is 16.8 Å². The molecule has 0 bridgehead atoms. The molecule has 3 amide bonds. The molecule has 6 heteroatoms. The largest absolute Gasteiger partial charge is 0.337 e. The Kier molecular flexibility index (Phi) is 5.53. The summed E-state index contributed by atoms with van der Waals surface area (Å²) in [6.45, 7) is 3.94. The lowest BCUT2D eigenvalue weighted by Crippen LogP contribution is -2.53. The predicted molar refractivity (Wildman–Crippen MR) is 102 cm³/mol. The first-order chi connectivity index (χ1) is 12.5. The number of rotatable bonds is 3. The molecule has 3 rings (SSSR count). The van der Waals surface area contributed by atoms with E-state index in [1.54, 1.807) is 9.80 Å². The van der Waals surface area contributed by atoms with E-state index in [0.29, 0.717) is 26.2 Å². The number of amides is 3. The van der Waals surface area contributed by atoms with Crippen molar-refractivity contribution in [2.24, 2.45) is 5.73 Å². The van der Waals surface area contributed by atoms with Crippen molar-refractivity contribution < 1.29 is 9.59 Å². The van der Waals surface area contributed by atoms with Gasteiger partial charge in [0.25, 0.3) is 0 Å². The maximum atomic E-state index is 12.6. The third-order valence-corrected chi connectivity index (χ3v) is 4.57. The minimum absolute atomic E-state index is 0.102. The molecule has 0 radical (unpaired) electrons. The quantitative estimate of drug-likeness (QED) is 0.890. The van der Waals surface area contributed by atoms with Crippen LogP contribution in [-0.4, -0.2) is 47.9 Å². The Labute approximate surface area is 153 Å². The van der Waals surface area contributed by atoms with Crippen LogP contribution in [0, 0.1) is 6.92 Å². The smallest absolute Gasteiger partial charge is 0.321 e. The van der Waals surface area contributed by atoms with E-state index in [-0.39, 0.29) is 11.9 Å². The SMILES string of the molecule is Cc1cccc(NC(=O)N2CCN(C(=O)C(N)c3ccccc3)CC2)c1. The average molecular weight is 352 g/mol. The summed E-state index contributed by atoms with van der Waals surface area (Å²) in [6.07, 6.45) is 0. The van der Waals surface area contributed by atoms with Gasteiger partial charge >= 0.3 is 6.03 Å². The van der Waals surface area contributed by atoms with Gasteiger partial charge in [-0.1, -0.05) is 42.5 Å². The van der Waals surface area contributed by atoms with Gasteiger partial charge in [-0.25, -0.2) is 4.79 Å². The van der Waals surface area contributed by atoms with Crippen LogP contribution in [0.5, 0.6) is 0 Å². The van der Waals surface area contributed by atoms with Crippen molar-refractivity contribution in [1.29, 1.82) is 0 Å². The van der Waals surface area contributed by atoms with E-state index in [4.69, 9.17) is 5.73 Å². The first-order valence-corrected chi connectivity index (χ1v) is 8.76. The van der Waals surface area contributed by atoms with E-state index in [9.17, 15) is 9.59 Å². The third-order valence-electron chi connectivity index (χ3n) is 4.57. The van der Waals surface area contributed by atoms with E-state index >= 15 is 0 Å². The van der Waals surface area contributed by atoms with Gasteiger partial charge in [-0.3, -0.25) is 4.79 Å². The fraction of sp³-hybridized carbons (Fsp3) is 0.300. The minimum Gasteiger partial charge on any atom is -0.337 e. The molecule has 1 saturated heterocycles. The number of hydrogen-bond acceptors (Lipinski definition) is 3. The second-order valence-corrected chi connectivity index (χ2v) is 6.50. The lowest BCUT2D eigenvalue weighted by molar-refractivity contribution is -0.134. The first kappa shape index (κ1) is 17.9. The van der Waals surface area contributed by atoms with Crippen molar-refractivity contribution in [3.63, 3.8) is 0 Å². The van der Waals surface area contributed by atoms with Gasteiger partial charge < -0.3 is 20.9 Å². The average Bonchev–Trinajstić information content (AvgIpc) is 2.67. The molecule has 1 aliphatic rings. The number of carbonyl (C=O) groups excluding carboxylic acids is 2. The summed E-state index contributed by atoms with van der Waals surface area (Å²) in [7, 11) is 0. The Morgan fingerprint density at radius 2 is 1.62 bits per heavy atom. The molecule has 136 valence electrons. The minimum atomic E-state index is -0.663. The maximum absolute atomic E-state index is 12.6. The van der Waals surface area contributed by atoms with Crippen LogP contribution in [-0.2, 0) is 4.79 Å². The molecule has 2 aromatic rings. The number of piperazine rings is 1. The number of aryl methyl sites for hydroxylation is 1. The topological polar surface area (TPSA) is 78.7 Å². The summed E-state index contributed by atoms with van der Waals surface area (Å²) >= 11 is 0. The molecule has 0 aromatic heterocycles. The van der Waals surface area contributed by atoms with Gasteiger partial charge in [-0.05, 0) is 30.2 Å². The summed E-state index contributed by atoms with van der Waals surface area (Å²) in [5.41, 5.74) is 8.77. The fourth-order valence-corrected chi connectivity index (χ4v) is 3.05. The lowest BCUT2D eigenvalue weighted by Gasteiger charge is -2.35. The number of anilines is 1. The number of nitrogens with one attached hydrogen (secondary N) is 1. The van der Waals surface area contributed by atoms with Crippen molar-refractivity contribution in [3.05, 3.63) is 65.7 Å². The van der Waals surface area contributed by atoms with Crippen LogP contribution in [0.1, 0.15) is 17.2 Å². The molecule has 1 unspecified atom stereocenters. The molecule has 6 nitrogen and oxygen atoms in total. The van der Waals surface area contributed by atoms with Gasteiger partial charge in [0.15, 0.2) is 0 Å². The molecule has 3 N–H and O–H groups in total. The van der Waals surface area contributed by atoms with Crippen LogP contribution in [0.4, 0.5) is 10.5 Å². The Morgan fingerprint density at radius 3 is 2.27 bits per heavy atom. The van der Waals surface area contributed by atoms with Crippen LogP contribution in [0.2, 0.25) is 0 Å². The zero-order valence-corrected chi connectivity index (χ0v) is 14.9. The third kappa shape index (κ3) is 4.21. The maximum Gasteiger partial charge on any atom is 0.321 e. The van der Waals surface area contributed by atoms with E-state index in [1.807, 2.05) is 61.5 Å². The number of benzene rings is 2. The number of nitrogens with two attached hydrogens (primary N) is 1. The van der Waals surface area contributed by atoms with Crippen LogP contribution in [0.25, 0.3) is 0 Å². The van der Waals surface area contributed by atoms with Gasteiger partial charge in [0.05, 0.1) is 0 Å². The summed E-state index contributed by atoms with van der Waals surface area (Å²) in [6, 6.07) is 16.2. The highest BCUT2D eigenvalue weighted by molar-refractivity contribution is 5.90. The molecule has 0 spiro atoms. The highest BCUT2D eigenvalue weighted by atomic mass is 16.2. The summed E-state index contributed by atoms with van der Waals surface area (Å²) < 4.78 is 0. The Bertz CT molecular complexity index is 770. The van der Waals surface area contributed by atoms with Crippen molar-refractivity contribution >= 4 is 17.6 Å². The summed E-state index contributed by atoms with van der Waals surface area (Å²) in [4.78, 5) is 28.4. The normalized spacial score (nSPS) is 15.5. The number of urea groups is 1. The molecule has 1 aliphatic heterocycles. The molecule has 1 fully saturated rings. The van der Waals surface area contributed by atoms with E-state index in [2.05, 4.69) is 5.32 Å². The Balaban J connectivity index is 1.53. The molecular weight excluding hydrogens is 328 g/mol. The number of nitrogens with zero attached hydrogens (tertiary/aromatic N) is 2. The molecule has 1 atom stereocenters. The molecule has 2 aromatic carbocycles. The van der Waals surface area contributed by atoms with Crippen molar-refractivity contribution in [2.75, 3.05) is 31.5 Å². The van der Waals surface area contributed by atoms with Crippen LogP contribution >= 0.6 is 0 Å². The monoisotopic (exact) mass is 352 g/mol. The highest BCUT2D eigenvalue weighted by Crippen LogP contribution is 2.15. The molecule has 26 heavy (non-hydrogen) atoms. The van der Waals surface area contributed by atoms with Crippen molar-refractivity contribution in [3.8, 4) is 0 Å². The van der Waals surface area contributed by atoms with E-state index in [1.165, 1.54) is 0 Å². The molecule has 1 heterocycles. The fourth-order valence-electron chi connectivity index (χ4n) is 3.05. The Hall–Kier alpha value is -2.86. The molecular formula is C20H24N4O2. The van der Waals surface area contributed by atoms with Gasteiger partial charge in [0.2, 0.25) is 5.91 Å². The highest BCUT2D eigenvalue weighted by Gasteiger charge is 2.27. The lowest BCUT2D eigenvalue weighted by atomic mass is 10.1. The summed E-state index contributed by atoms with van der Waals surface area (Å²) in [5, 5.41) is 2.90. The van der Waals surface area contributed by atoms with Gasteiger partial charge in [-0.2, -0.15) is 0 Å². The van der Waals surface area contributed by atoms with Gasteiger partial charge in [0, 0.05) is 31.9 Å². The van der Waals surface area contributed by atoms with Crippen molar-refractivity contribution in [2.45, 2.75) is 13.0 Å². The second kappa shape index (κ2) is 8.01. The van der Waals surface area contributed by atoms with Crippen LogP contribution < -0.4 is 11.1 Å². The van der Waals surface area contributed by atoms with Gasteiger partial charge in [-0.15, -0.1) is 0 Å². The standard InChI is InChI=1S/C20H24N4O2/c1-15-6-5-9-17(14-15)22-20(26)24-12-10-23(11-13-24)19(25)18(21)16-7-3-2-4-8-16/h2-9,14,18H,10-13,21H2,1H3,(H,22,26). The number of carbonyl (C=O) groups is 2. The van der Waals surface area contributed by atoms with Crippen LogP contribution in [0.3, 0.4) is 0 Å². The first-order valence-electron chi connectivity index (χ1n) is 8.76.